The Bertz CT molecular complexity index is 1040. The molecular weight excluding hydrogens is 365 g/mol. The summed E-state index contributed by atoms with van der Waals surface area (Å²) in [7, 11) is 1.71. The number of aliphatic imine (C=N–C) groups is 1. The lowest BCUT2D eigenvalue weighted by atomic mass is 10.00. The molecule has 0 fully saturated rings. The van der Waals surface area contributed by atoms with Crippen molar-refractivity contribution in [3.63, 3.8) is 0 Å². The summed E-state index contributed by atoms with van der Waals surface area (Å²) in [6, 6.07) is 5.39. The largest absolute Gasteiger partial charge is 0.296 e. The van der Waals surface area contributed by atoms with Crippen LogP contribution in [0.15, 0.2) is 40.1 Å². The van der Waals surface area contributed by atoms with Crippen molar-refractivity contribution in [2.75, 3.05) is 7.05 Å². The van der Waals surface area contributed by atoms with E-state index in [0.717, 1.165) is 12.0 Å². The molecule has 3 rings (SSSR count). The molecule has 0 radical (unpaired) electrons. The standard InChI is InChI=1S/C22H24FN3O.C2H6/c1-4-5-6-17(24-3)9-7-16-8-10-18-19(15-16)25-20-11-12-22(2,23)13-14-26(20)21(18)27;1-2/h5-6,8,10,15H,4,11-14H2,1-3H3;1-2H3/b6-5-,24-17?;. The number of allylic oxidation sites excluding steroid dienone is 2. The van der Waals surface area contributed by atoms with Gasteiger partial charge in [0, 0.05) is 25.6 Å². The van der Waals surface area contributed by atoms with Crippen LogP contribution in [-0.2, 0) is 13.0 Å². The predicted octanol–water partition coefficient (Wildman–Crippen LogP) is 4.88. The molecule has 0 N–H and O–H groups in total. The van der Waals surface area contributed by atoms with Gasteiger partial charge < -0.3 is 0 Å². The fourth-order valence-electron chi connectivity index (χ4n) is 3.15. The highest BCUT2D eigenvalue weighted by Gasteiger charge is 2.28. The van der Waals surface area contributed by atoms with Crippen molar-refractivity contribution in [3.8, 4) is 11.8 Å². The number of aryl methyl sites for hydroxylation is 1. The minimum absolute atomic E-state index is 0.103. The van der Waals surface area contributed by atoms with Gasteiger partial charge in [0.2, 0.25) is 0 Å². The molecule has 1 aromatic carbocycles. The number of benzene rings is 1. The lowest BCUT2D eigenvalue weighted by Crippen LogP contribution is -2.25. The first-order valence-electron chi connectivity index (χ1n) is 10.3. The van der Waals surface area contributed by atoms with Crippen LogP contribution in [0.1, 0.15) is 58.3 Å². The van der Waals surface area contributed by atoms with Gasteiger partial charge in [-0.1, -0.05) is 32.8 Å². The highest BCUT2D eigenvalue weighted by atomic mass is 19.1. The molecule has 0 aliphatic carbocycles. The molecule has 0 bridgehead atoms. The Kier molecular flexibility index (Phi) is 7.90. The zero-order valence-electron chi connectivity index (χ0n) is 18.1. The van der Waals surface area contributed by atoms with Crippen LogP contribution in [0.5, 0.6) is 0 Å². The molecule has 1 aliphatic heterocycles. The molecule has 2 heterocycles. The van der Waals surface area contributed by atoms with Gasteiger partial charge in [0.1, 0.15) is 17.2 Å². The molecule has 0 saturated carbocycles. The number of aromatic nitrogens is 2. The maximum atomic E-state index is 14.4. The van der Waals surface area contributed by atoms with E-state index < -0.39 is 5.67 Å². The van der Waals surface area contributed by atoms with E-state index in [0.29, 0.717) is 48.2 Å². The number of fused-ring (bicyclic) bond motifs is 2. The molecule has 29 heavy (non-hydrogen) atoms. The normalized spacial score (nSPS) is 19.0. The van der Waals surface area contributed by atoms with Crippen LogP contribution >= 0.6 is 0 Å². The van der Waals surface area contributed by atoms with Crippen LogP contribution in [0.4, 0.5) is 4.39 Å². The van der Waals surface area contributed by atoms with Crippen LogP contribution in [0.2, 0.25) is 0 Å². The molecule has 2 aromatic rings. The Hall–Kier alpha value is -2.74. The maximum absolute atomic E-state index is 14.4. The Morgan fingerprint density at radius 3 is 2.83 bits per heavy atom. The first-order chi connectivity index (χ1) is 13.9. The second-order valence-corrected chi connectivity index (χ2v) is 7.05. The summed E-state index contributed by atoms with van der Waals surface area (Å²) in [6.45, 7) is 8.02. The monoisotopic (exact) mass is 395 g/mol. The van der Waals surface area contributed by atoms with Gasteiger partial charge in [0.15, 0.2) is 0 Å². The molecule has 0 saturated heterocycles. The maximum Gasteiger partial charge on any atom is 0.261 e. The van der Waals surface area contributed by atoms with E-state index in [9.17, 15) is 9.18 Å². The molecule has 0 spiro atoms. The van der Waals surface area contributed by atoms with Crippen molar-refractivity contribution >= 4 is 16.6 Å². The zero-order chi connectivity index (χ0) is 21.4. The highest BCUT2D eigenvalue weighted by molar-refractivity contribution is 6.09. The fourth-order valence-corrected chi connectivity index (χ4v) is 3.15. The molecule has 1 atom stereocenters. The third kappa shape index (κ3) is 5.63. The average molecular weight is 396 g/mol. The van der Waals surface area contributed by atoms with Crippen molar-refractivity contribution in [2.24, 2.45) is 4.99 Å². The second-order valence-electron chi connectivity index (χ2n) is 7.05. The summed E-state index contributed by atoms with van der Waals surface area (Å²) in [6.07, 6.45) is 6.00. The van der Waals surface area contributed by atoms with E-state index in [1.54, 1.807) is 24.6 Å². The molecule has 0 amide bonds. The Morgan fingerprint density at radius 1 is 1.38 bits per heavy atom. The molecular formula is C24H30FN3O. The van der Waals surface area contributed by atoms with E-state index in [2.05, 4.69) is 28.7 Å². The van der Waals surface area contributed by atoms with Gasteiger partial charge >= 0.3 is 0 Å². The SMILES string of the molecule is CC.CC/C=C\C(C#Cc1ccc2c(=O)n3c(nc2c1)CCC(C)(F)CC3)=NC. The molecule has 154 valence electrons. The van der Waals surface area contributed by atoms with Crippen molar-refractivity contribution in [1.29, 1.82) is 0 Å². The Morgan fingerprint density at radius 2 is 2.14 bits per heavy atom. The van der Waals surface area contributed by atoms with Crippen molar-refractivity contribution in [1.82, 2.24) is 9.55 Å². The third-order valence-corrected chi connectivity index (χ3v) is 4.85. The van der Waals surface area contributed by atoms with E-state index in [1.807, 2.05) is 38.1 Å². The molecule has 1 aliphatic rings. The van der Waals surface area contributed by atoms with Crippen LogP contribution < -0.4 is 5.56 Å². The van der Waals surface area contributed by atoms with E-state index in [4.69, 9.17) is 0 Å². The lowest BCUT2D eigenvalue weighted by Gasteiger charge is -2.15. The minimum atomic E-state index is -1.26. The van der Waals surface area contributed by atoms with Gasteiger partial charge in [0.05, 0.1) is 10.9 Å². The third-order valence-electron chi connectivity index (χ3n) is 4.85. The van der Waals surface area contributed by atoms with Crippen molar-refractivity contribution < 1.29 is 4.39 Å². The zero-order valence-corrected chi connectivity index (χ0v) is 18.1. The summed E-state index contributed by atoms with van der Waals surface area (Å²) in [4.78, 5) is 21.6. The number of halogens is 1. The van der Waals surface area contributed by atoms with Crippen LogP contribution in [0.25, 0.3) is 10.9 Å². The summed E-state index contributed by atoms with van der Waals surface area (Å²) in [5.74, 6) is 6.77. The van der Waals surface area contributed by atoms with Gasteiger partial charge in [0.25, 0.3) is 5.56 Å². The van der Waals surface area contributed by atoms with Gasteiger partial charge in [-0.05, 0) is 56.4 Å². The van der Waals surface area contributed by atoms with Crippen molar-refractivity contribution in [2.45, 2.75) is 65.6 Å². The van der Waals surface area contributed by atoms with Gasteiger partial charge in [-0.25, -0.2) is 9.37 Å². The molecule has 1 unspecified atom stereocenters. The number of alkyl halides is 1. The average Bonchev–Trinajstić information content (AvgIpc) is 2.88. The minimum Gasteiger partial charge on any atom is -0.296 e. The fraction of sp³-hybridized carbons (Fsp3) is 0.458. The van der Waals surface area contributed by atoms with Crippen molar-refractivity contribution in [3.05, 3.63) is 52.1 Å². The van der Waals surface area contributed by atoms with Crippen LogP contribution in [-0.4, -0.2) is 28.0 Å². The van der Waals surface area contributed by atoms with Crippen LogP contribution in [0, 0.1) is 11.8 Å². The summed E-state index contributed by atoms with van der Waals surface area (Å²) >= 11 is 0. The predicted molar refractivity (Wildman–Crippen MR) is 119 cm³/mol. The smallest absolute Gasteiger partial charge is 0.261 e. The summed E-state index contributed by atoms with van der Waals surface area (Å²) in [5, 5.41) is 0.544. The van der Waals surface area contributed by atoms with E-state index >= 15 is 0 Å². The number of rotatable bonds is 2. The lowest BCUT2D eigenvalue weighted by molar-refractivity contribution is 0.162. The molecule has 1 aromatic heterocycles. The van der Waals surface area contributed by atoms with Gasteiger partial charge in [-0.2, -0.15) is 0 Å². The quantitative estimate of drug-likeness (QED) is 0.538. The molecule has 4 nitrogen and oxygen atoms in total. The Balaban J connectivity index is 0.00000145. The van der Waals surface area contributed by atoms with Gasteiger partial charge in [-0.15, -0.1) is 0 Å². The van der Waals surface area contributed by atoms with Gasteiger partial charge in [-0.3, -0.25) is 14.4 Å². The number of hydrogen-bond acceptors (Lipinski definition) is 3. The van der Waals surface area contributed by atoms with E-state index in [1.165, 1.54) is 0 Å². The van der Waals surface area contributed by atoms with Crippen LogP contribution in [0.3, 0.4) is 0 Å². The summed E-state index contributed by atoms with van der Waals surface area (Å²) < 4.78 is 16.0. The second kappa shape index (κ2) is 10.2. The highest BCUT2D eigenvalue weighted by Crippen LogP contribution is 2.26. The topological polar surface area (TPSA) is 47.2 Å². The number of nitrogens with zero attached hydrogens (tertiary/aromatic N) is 3. The number of hydrogen-bond donors (Lipinski definition) is 0. The first kappa shape index (κ1) is 22.5. The summed E-state index contributed by atoms with van der Waals surface area (Å²) in [5.41, 5.74) is 0.724. The van der Waals surface area contributed by atoms with E-state index in [-0.39, 0.29) is 5.56 Å². The first-order valence-corrected chi connectivity index (χ1v) is 10.3. The Labute approximate surface area is 172 Å². The molecule has 5 heteroatoms.